The summed E-state index contributed by atoms with van der Waals surface area (Å²) >= 11 is 6.23. The molecular weight excluding hydrogens is 432 g/mol. The number of H-pyrrole nitrogens is 1. The minimum absolute atomic E-state index is 0.0178. The van der Waals surface area contributed by atoms with E-state index in [0.717, 1.165) is 10.9 Å². The van der Waals surface area contributed by atoms with Gasteiger partial charge in [0.25, 0.3) is 5.91 Å². The van der Waals surface area contributed by atoms with Crippen molar-refractivity contribution in [3.63, 3.8) is 0 Å². The van der Waals surface area contributed by atoms with E-state index in [1.807, 2.05) is 18.2 Å². The second-order valence-electron chi connectivity index (χ2n) is 8.27. The van der Waals surface area contributed by atoms with Crippen molar-refractivity contribution < 1.29 is 23.8 Å². The number of ketones is 1. The Kier molecular flexibility index (Phi) is 5.01. The van der Waals surface area contributed by atoms with Crippen molar-refractivity contribution in [3.05, 3.63) is 52.7 Å². The zero-order valence-electron chi connectivity index (χ0n) is 17.9. The van der Waals surface area contributed by atoms with E-state index in [1.54, 1.807) is 30.2 Å². The van der Waals surface area contributed by atoms with Gasteiger partial charge < -0.3 is 24.1 Å². The number of hydrogen-bond acceptors (Lipinski definition) is 5. The topological polar surface area (TPSA) is 80.9 Å². The van der Waals surface area contributed by atoms with Crippen molar-refractivity contribution in [1.29, 1.82) is 0 Å². The van der Waals surface area contributed by atoms with Gasteiger partial charge in [-0.25, -0.2) is 0 Å². The molecule has 2 aliphatic heterocycles. The summed E-state index contributed by atoms with van der Waals surface area (Å²) in [5, 5.41) is 1.48. The number of Topliss-reactive ketones (excluding diaryl/α,β-unsaturated/α-hetero) is 1. The maximum atomic E-state index is 13.1. The Labute approximate surface area is 190 Å². The molecule has 2 aliphatic rings. The Morgan fingerprint density at radius 1 is 1.16 bits per heavy atom. The second-order valence-corrected chi connectivity index (χ2v) is 8.67. The lowest BCUT2D eigenvalue weighted by Gasteiger charge is -2.44. The van der Waals surface area contributed by atoms with E-state index in [0.29, 0.717) is 59.5 Å². The van der Waals surface area contributed by atoms with E-state index in [2.05, 4.69) is 4.98 Å². The smallest absolute Gasteiger partial charge is 0.270 e. The number of methoxy groups -OCH3 is 2. The van der Waals surface area contributed by atoms with Gasteiger partial charge in [0.05, 0.1) is 31.2 Å². The van der Waals surface area contributed by atoms with E-state index < -0.39 is 5.60 Å². The van der Waals surface area contributed by atoms with Gasteiger partial charge in [-0.05, 0) is 12.1 Å². The lowest BCUT2D eigenvalue weighted by atomic mass is 9.82. The Morgan fingerprint density at radius 2 is 1.94 bits per heavy atom. The number of hydrogen-bond donors (Lipinski definition) is 1. The number of halogens is 1. The number of piperidine rings is 1. The van der Waals surface area contributed by atoms with Crippen LogP contribution in [-0.4, -0.2) is 54.5 Å². The summed E-state index contributed by atoms with van der Waals surface area (Å²) in [7, 11) is 3.08. The third-order valence-electron chi connectivity index (χ3n) is 6.38. The Bertz CT molecular complexity index is 1230. The first-order valence-corrected chi connectivity index (χ1v) is 10.9. The molecule has 0 atom stereocenters. The van der Waals surface area contributed by atoms with Crippen LogP contribution < -0.4 is 14.2 Å². The first-order chi connectivity index (χ1) is 15.4. The number of fused-ring (bicyclic) bond motifs is 2. The van der Waals surface area contributed by atoms with Crippen molar-refractivity contribution in [1.82, 2.24) is 9.88 Å². The van der Waals surface area contributed by atoms with Crippen LogP contribution in [0.5, 0.6) is 17.2 Å². The number of amides is 1. The first-order valence-electron chi connectivity index (χ1n) is 10.5. The van der Waals surface area contributed by atoms with Crippen molar-refractivity contribution in [3.8, 4) is 17.2 Å². The summed E-state index contributed by atoms with van der Waals surface area (Å²) in [4.78, 5) is 31.0. The molecule has 0 radical (unpaired) electrons. The molecule has 1 N–H and O–H groups in total. The lowest BCUT2D eigenvalue weighted by Crippen LogP contribution is -2.52. The molecule has 0 aliphatic carbocycles. The van der Waals surface area contributed by atoms with Gasteiger partial charge in [0.1, 0.15) is 34.1 Å². The van der Waals surface area contributed by atoms with Gasteiger partial charge >= 0.3 is 0 Å². The maximum absolute atomic E-state index is 13.1. The van der Waals surface area contributed by atoms with Crippen LogP contribution in [0.4, 0.5) is 0 Å². The molecule has 0 saturated carbocycles. The van der Waals surface area contributed by atoms with Crippen LogP contribution in [0, 0.1) is 0 Å². The molecule has 5 rings (SSSR count). The fourth-order valence-electron chi connectivity index (χ4n) is 4.65. The molecule has 3 heterocycles. The molecule has 1 amide bonds. The van der Waals surface area contributed by atoms with Crippen molar-refractivity contribution in [2.75, 3.05) is 27.3 Å². The van der Waals surface area contributed by atoms with Gasteiger partial charge in [0.2, 0.25) is 0 Å². The number of ether oxygens (including phenoxy) is 3. The summed E-state index contributed by atoms with van der Waals surface area (Å²) < 4.78 is 17.1. The largest absolute Gasteiger partial charge is 0.496 e. The zero-order valence-corrected chi connectivity index (χ0v) is 18.6. The molecule has 7 nitrogen and oxygen atoms in total. The maximum Gasteiger partial charge on any atom is 0.270 e. The standard InChI is InChI=1S/C24H23ClN2O5/c1-30-15-11-19(31-2)21-18(28)13-24(32-20(21)12-15)6-8-27(9-7-24)23(29)17-10-14-4-3-5-16(25)22(14)26-17/h3-5,10-12,26H,6-9,13H2,1-2H3. The van der Waals surface area contributed by atoms with E-state index in [-0.39, 0.29) is 18.1 Å². The molecule has 3 aromatic rings. The molecule has 1 aromatic heterocycles. The number of carbonyl (C=O) groups is 2. The summed E-state index contributed by atoms with van der Waals surface area (Å²) in [5.41, 5.74) is 1.07. The van der Waals surface area contributed by atoms with Gasteiger partial charge in [-0.1, -0.05) is 23.7 Å². The number of benzene rings is 2. The van der Waals surface area contributed by atoms with Gasteiger partial charge in [0, 0.05) is 43.5 Å². The van der Waals surface area contributed by atoms with E-state index >= 15 is 0 Å². The average Bonchev–Trinajstić information content (AvgIpc) is 3.24. The monoisotopic (exact) mass is 454 g/mol. The Balaban J connectivity index is 1.35. The predicted molar refractivity (Wildman–Crippen MR) is 120 cm³/mol. The highest BCUT2D eigenvalue weighted by Gasteiger charge is 2.45. The first kappa shape index (κ1) is 20.7. The minimum Gasteiger partial charge on any atom is -0.496 e. The van der Waals surface area contributed by atoms with Gasteiger partial charge in [-0.2, -0.15) is 0 Å². The molecule has 1 saturated heterocycles. The molecule has 0 bridgehead atoms. The number of aromatic amines is 1. The number of likely N-dealkylation sites (tertiary alicyclic amines) is 1. The fourth-order valence-corrected chi connectivity index (χ4v) is 4.88. The average molecular weight is 455 g/mol. The van der Waals surface area contributed by atoms with Crippen LogP contribution in [0.2, 0.25) is 5.02 Å². The molecule has 32 heavy (non-hydrogen) atoms. The quantitative estimate of drug-likeness (QED) is 0.631. The van der Waals surface area contributed by atoms with Crippen molar-refractivity contribution in [2.45, 2.75) is 24.9 Å². The molecule has 1 fully saturated rings. The molecule has 2 aromatic carbocycles. The van der Waals surface area contributed by atoms with Crippen LogP contribution in [-0.2, 0) is 0 Å². The molecule has 0 unspecified atom stereocenters. The van der Waals surface area contributed by atoms with Crippen LogP contribution in [0.25, 0.3) is 10.9 Å². The number of rotatable bonds is 3. The van der Waals surface area contributed by atoms with Crippen molar-refractivity contribution in [2.24, 2.45) is 0 Å². The highest BCUT2D eigenvalue weighted by molar-refractivity contribution is 6.35. The molecular formula is C24H23ClN2O5. The lowest BCUT2D eigenvalue weighted by molar-refractivity contribution is -0.00622. The highest BCUT2D eigenvalue weighted by atomic mass is 35.5. The van der Waals surface area contributed by atoms with Gasteiger partial charge in [-0.3, -0.25) is 9.59 Å². The molecule has 8 heteroatoms. The van der Waals surface area contributed by atoms with Crippen LogP contribution in [0.1, 0.15) is 40.1 Å². The number of para-hydroxylation sites is 1. The van der Waals surface area contributed by atoms with Crippen molar-refractivity contribution >= 4 is 34.2 Å². The summed E-state index contributed by atoms with van der Waals surface area (Å²) in [6, 6.07) is 10.8. The SMILES string of the molecule is COc1cc(OC)c2c(c1)OC1(CCN(C(=O)c3cc4cccc(Cl)c4[nH]3)CC1)CC2=O. The zero-order chi connectivity index (χ0) is 22.5. The number of aromatic nitrogens is 1. The highest BCUT2D eigenvalue weighted by Crippen LogP contribution is 2.44. The predicted octanol–water partition coefficient (Wildman–Crippen LogP) is 4.48. The van der Waals surface area contributed by atoms with Gasteiger partial charge in [-0.15, -0.1) is 0 Å². The fraction of sp³-hybridized carbons (Fsp3) is 0.333. The normalized spacial score (nSPS) is 17.2. The summed E-state index contributed by atoms with van der Waals surface area (Å²) in [5.74, 6) is 1.39. The van der Waals surface area contributed by atoms with Crippen LogP contribution in [0.15, 0.2) is 36.4 Å². The molecule has 1 spiro atoms. The number of nitrogens with one attached hydrogen (secondary N) is 1. The number of carbonyl (C=O) groups excluding carboxylic acids is 2. The Hall–Kier alpha value is -3.19. The van der Waals surface area contributed by atoms with E-state index in [9.17, 15) is 9.59 Å². The number of nitrogens with zero attached hydrogens (tertiary/aromatic N) is 1. The Morgan fingerprint density at radius 3 is 2.62 bits per heavy atom. The third-order valence-corrected chi connectivity index (χ3v) is 6.70. The minimum atomic E-state index is -0.637. The van der Waals surface area contributed by atoms with Crippen LogP contribution >= 0.6 is 11.6 Å². The van der Waals surface area contributed by atoms with E-state index in [1.165, 1.54) is 7.11 Å². The van der Waals surface area contributed by atoms with Gasteiger partial charge in [0.15, 0.2) is 5.78 Å². The summed E-state index contributed by atoms with van der Waals surface area (Å²) in [6.45, 7) is 0.983. The third kappa shape index (κ3) is 3.37. The van der Waals surface area contributed by atoms with E-state index in [4.69, 9.17) is 25.8 Å². The summed E-state index contributed by atoms with van der Waals surface area (Å²) in [6.07, 6.45) is 1.38. The molecule has 166 valence electrons. The van der Waals surface area contributed by atoms with Crippen LogP contribution in [0.3, 0.4) is 0 Å². The second kappa shape index (κ2) is 7.74.